The second-order valence-electron chi connectivity index (χ2n) is 3.60. The van der Waals surface area contributed by atoms with Gasteiger partial charge in [0.25, 0.3) is 0 Å². The highest BCUT2D eigenvalue weighted by Crippen LogP contribution is 2.17. The Hall–Kier alpha value is -1.04. The van der Waals surface area contributed by atoms with Crippen LogP contribution in [0.1, 0.15) is 10.4 Å². The maximum Gasteiger partial charge on any atom is 0.337 e. The summed E-state index contributed by atoms with van der Waals surface area (Å²) in [6.45, 7) is 0. The molecule has 2 nitrogen and oxygen atoms in total. The molecule has 2 aromatic carbocycles. The summed E-state index contributed by atoms with van der Waals surface area (Å²) in [5.41, 5.74) is 1.84. The first-order valence-electron chi connectivity index (χ1n) is 4.90. The molecule has 0 saturated carbocycles. The van der Waals surface area contributed by atoms with Gasteiger partial charge in [0, 0.05) is 3.57 Å². The average Bonchev–Trinajstić information content (AvgIpc) is 2.32. The van der Waals surface area contributed by atoms with E-state index in [1.807, 2.05) is 18.2 Å². The molecule has 0 saturated heterocycles. The molecule has 0 unspecified atom stereocenters. The van der Waals surface area contributed by atoms with Gasteiger partial charge in [0.05, 0.1) is 12.7 Å². The molecule has 2 rings (SSSR count). The molecule has 80 valence electrons. The predicted molar refractivity (Wildman–Crippen MR) is 76.2 cm³/mol. The maximum absolute atomic E-state index is 11.4. The van der Waals surface area contributed by atoms with Gasteiger partial charge in [0.2, 0.25) is 0 Å². The smallest absolute Gasteiger partial charge is 0.337 e. The van der Waals surface area contributed by atoms with Gasteiger partial charge in [-0.3, -0.25) is 0 Å². The van der Waals surface area contributed by atoms with E-state index in [2.05, 4.69) is 36.5 Å². The first-order chi connectivity index (χ1) is 7.63. The summed E-state index contributed by atoms with van der Waals surface area (Å²) in [7, 11) is 3.48. The van der Waals surface area contributed by atoms with Crippen molar-refractivity contribution in [3.05, 3.63) is 39.5 Å². The lowest BCUT2D eigenvalue weighted by Crippen LogP contribution is -2.09. The fourth-order valence-electron chi connectivity index (χ4n) is 1.70. The lowest BCUT2D eigenvalue weighted by molar-refractivity contribution is 0.0601. The molecule has 0 bridgehead atoms. The van der Waals surface area contributed by atoms with Gasteiger partial charge in [-0.1, -0.05) is 17.6 Å². The number of benzene rings is 2. The molecule has 2 aromatic rings. The fraction of sp³-hybridized carbons (Fsp3) is 0.0833. The summed E-state index contributed by atoms with van der Waals surface area (Å²) in [5, 5.41) is 2.25. The van der Waals surface area contributed by atoms with Crippen LogP contribution in [0.5, 0.6) is 0 Å². The molecule has 0 radical (unpaired) electrons. The molecule has 0 heterocycles. The first kappa shape index (κ1) is 11.5. The molecule has 0 aromatic heterocycles. The average molecular weight is 324 g/mol. The van der Waals surface area contributed by atoms with Crippen molar-refractivity contribution in [2.75, 3.05) is 7.11 Å². The topological polar surface area (TPSA) is 26.3 Å². The second kappa shape index (κ2) is 4.45. The van der Waals surface area contributed by atoms with E-state index in [0.29, 0.717) is 5.56 Å². The van der Waals surface area contributed by atoms with Crippen molar-refractivity contribution in [2.45, 2.75) is 0 Å². The normalized spacial score (nSPS) is 10.4. The molecule has 0 aliphatic rings. The number of carbonyl (C=O) groups is 1. The van der Waals surface area contributed by atoms with E-state index >= 15 is 0 Å². The van der Waals surface area contributed by atoms with Crippen LogP contribution in [0.4, 0.5) is 0 Å². The molecule has 16 heavy (non-hydrogen) atoms. The molecular weight excluding hydrogens is 314 g/mol. The number of esters is 1. The standard InChI is InChI=1S/C12H10BIO2/c1-16-12(15)8-2-4-9-7(6-8)3-5-10(14)11(9)13/h2-6H,13H2,1H3. The van der Waals surface area contributed by atoms with Crippen LogP contribution in [0.2, 0.25) is 0 Å². The van der Waals surface area contributed by atoms with Crippen molar-refractivity contribution in [1.29, 1.82) is 0 Å². The molecule has 0 fully saturated rings. The zero-order valence-corrected chi connectivity index (χ0v) is 11.2. The number of ether oxygens (including phenoxy) is 1. The van der Waals surface area contributed by atoms with Crippen molar-refractivity contribution in [2.24, 2.45) is 0 Å². The summed E-state index contributed by atoms with van der Waals surface area (Å²) in [5.74, 6) is -0.293. The Morgan fingerprint density at radius 1 is 1.31 bits per heavy atom. The third-order valence-electron chi connectivity index (χ3n) is 2.64. The summed E-state index contributed by atoms with van der Waals surface area (Å²) >= 11 is 2.31. The van der Waals surface area contributed by atoms with Crippen LogP contribution < -0.4 is 5.46 Å². The molecule has 0 N–H and O–H groups in total. The minimum Gasteiger partial charge on any atom is -0.465 e. The van der Waals surface area contributed by atoms with E-state index in [9.17, 15) is 4.79 Å². The number of hydrogen-bond acceptors (Lipinski definition) is 2. The van der Waals surface area contributed by atoms with E-state index in [-0.39, 0.29) is 5.97 Å². The third-order valence-corrected chi connectivity index (χ3v) is 3.81. The summed E-state index contributed by atoms with van der Waals surface area (Å²) in [4.78, 5) is 11.4. The molecule has 0 aliphatic heterocycles. The second-order valence-corrected chi connectivity index (χ2v) is 4.76. The van der Waals surface area contributed by atoms with E-state index < -0.39 is 0 Å². The zero-order valence-electron chi connectivity index (χ0n) is 9.08. The Kier molecular flexibility index (Phi) is 3.19. The van der Waals surface area contributed by atoms with Gasteiger partial charge in [-0.15, -0.1) is 0 Å². The first-order valence-corrected chi connectivity index (χ1v) is 5.98. The third kappa shape index (κ3) is 1.94. The Morgan fingerprint density at radius 2 is 2.06 bits per heavy atom. The van der Waals surface area contributed by atoms with Crippen molar-refractivity contribution < 1.29 is 9.53 Å². The lowest BCUT2D eigenvalue weighted by Gasteiger charge is -2.06. The summed E-state index contributed by atoms with van der Waals surface area (Å²) in [6.07, 6.45) is 0. The van der Waals surface area contributed by atoms with E-state index in [0.717, 1.165) is 5.39 Å². The number of fused-ring (bicyclic) bond motifs is 1. The SMILES string of the molecule is Bc1c(I)ccc2cc(C(=O)OC)ccc12. The highest BCUT2D eigenvalue weighted by molar-refractivity contribution is 14.1. The highest BCUT2D eigenvalue weighted by atomic mass is 127. The number of halogens is 1. The van der Waals surface area contributed by atoms with Crippen molar-refractivity contribution in [3.8, 4) is 0 Å². The van der Waals surface area contributed by atoms with Gasteiger partial charge >= 0.3 is 5.97 Å². The van der Waals surface area contributed by atoms with Crippen LogP contribution in [-0.4, -0.2) is 20.9 Å². The van der Waals surface area contributed by atoms with Crippen molar-refractivity contribution >= 4 is 52.6 Å². The van der Waals surface area contributed by atoms with Gasteiger partial charge in [-0.2, -0.15) is 0 Å². The van der Waals surface area contributed by atoms with Crippen LogP contribution in [-0.2, 0) is 4.74 Å². The van der Waals surface area contributed by atoms with Crippen LogP contribution in [0.25, 0.3) is 10.8 Å². The van der Waals surface area contributed by atoms with Gasteiger partial charge in [0.1, 0.15) is 7.85 Å². The Morgan fingerprint density at radius 3 is 2.75 bits per heavy atom. The lowest BCUT2D eigenvalue weighted by atomic mass is 9.89. The molecule has 4 heteroatoms. The van der Waals surface area contributed by atoms with Crippen molar-refractivity contribution in [1.82, 2.24) is 0 Å². The van der Waals surface area contributed by atoms with Crippen LogP contribution in [0.3, 0.4) is 0 Å². The van der Waals surface area contributed by atoms with Gasteiger partial charge in [-0.05, 0) is 51.6 Å². The minimum atomic E-state index is -0.293. The van der Waals surface area contributed by atoms with Crippen molar-refractivity contribution in [3.63, 3.8) is 0 Å². The molecule has 0 amide bonds. The largest absolute Gasteiger partial charge is 0.465 e. The molecular formula is C12H10BIO2. The monoisotopic (exact) mass is 324 g/mol. The molecule has 0 spiro atoms. The number of methoxy groups -OCH3 is 1. The number of hydrogen-bond donors (Lipinski definition) is 0. The Labute approximate surface area is 109 Å². The van der Waals surface area contributed by atoms with E-state index in [1.54, 1.807) is 6.07 Å². The van der Waals surface area contributed by atoms with E-state index in [1.165, 1.54) is 21.5 Å². The minimum absolute atomic E-state index is 0.293. The summed E-state index contributed by atoms with van der Waals surface area (Å²) in [6, 6.07) is 9.72. The van der Waals surface area contributed by atoms with Crippen LogP contribution in [0, 0.1) is 3.57 Å². The number of carbonyl (C=O) groups excluding carboxylic acids is 1. The summed E-state index contributed by atoms with van der Waals surface area (Å²) < 4.78 is 5.93. The van der Waals surface area contributed by atoms with Crippen LogP contribution >= 0.6 is 22.6 Å². The maximum atomic E-state index is 11.4. The van der Waals surface area contributed by atoms with Gasteiger partial charge in [-0.25, -0.2) is 4.79 Å². The highest BCUT2D eigenvalue weighted by Gasteiger charge is 2.07. The van der Waals surface area contributed by atoms with E-state index in [4.69, 9.17) is 4.74 Å². The predicted octanol–water partition coefficient (Wildman–Crippen LogP) is 1.49. The van der Waals surface area contributed by atoms with Gasteiger partial charge < -0.3 is 4.74 Å². The zero-order chi connectivity index (χ0) is 11.7. The Bertz CT molecular complexity index is 566. The van der Waals surface area contributed by atoms with Gasteiger partial charge in [0.15, 0.2) is 0 Å². The quantitative estimate of drug-likeness (QED) is 0.451. The number of rotatable bonds is 1. The molecule has 0 atom stereocenters. The Balaban J connectivity index is 2.65. The molecule has 0 aliphatic carbocycles. The van der Waals surface area contributed by atoms with Crippen LogP contribution in [0.15, 0.2) is 30.3 Å². The fourth-order valence-corrected chi connectivity index (χ4v) is 2.17.